The van der Waals surface area contributed by atoms with Crippen LogP contribution in [0.15, 0.2) is 85.1 Å². The Morgan fingerprint density at radius 3 is 2.52 bits per heavy atom. The second kappa shape index (κ2) is 8.52. The Morgan fingerprint density at radius 1 is 0.931 bits per heavy atom. The lowest BCUT2D eigenvalue weighted by Crippen LogP contribution is -2.22. The molecule has 5 heteroatoms. The summed E-state index contributed by atoms with van der Waals surface area (Å²) in [4.78, 5) is 16.4. The smallest absolute Gasteiger partial charge is 0.251 e. The number of carbonyl (C=O) groups excluding carboxylic acids is 1. The number of ether oxygens (including phenoxy) is 1. The minimum atomic E-state index is -0.506. The number of hydrogen-bond donors (Lipinski definition) is 1. The Hall–Kier alpha value is -3.73. The molecule has 1 N–H and O–H groups in total. The molecule has 0 spiro atoms. The van der Waals surface area contributed by atoms with Crippen LogP contribution in [0.2, 0.25) is 0 Å². The highest BCUT2D eigenvalue weighted by Crippen LogP contribution is 2.18. The lowest BCUT2D eigenvalue weighted by Gasteiger charge is -2.09. The topological polar surface area (TPSA) is 51.2 Å². The predicted octanol–water partition coefficient (Wildman–Crippen LogP) is 4.88. The standard InChI is InChI=1S/C24H19FN2O2/c25-22-14-20(13-19-7-4-12-26-23(19)22)24(28)27-15-17-8-10-21(11-9-17)29-16-18-5-2-1-3-6-18/h1-14H,15-16H2,(H,27,28). The van der Waals surface area contributed by atoms with E-state index in [-0.39, 0.29) is 17.0 Å². The lowest BCUT2D eigenvalue weighted by molar-refractivity contribution is 0.0950. The highest BCUT2D eigenvalue weighted by molar-refractivity contribution is 5.98. The number of rotatable bonds is 6. The predicted molar refractivity (Wildman–Crippen MR) is 110 cm³/mol. The fourth-order valence-corrected chi connectivity index (χ4v) is 3.01. The van der Waals surface area contributed by atoms with Gasteiger partial charge in [0.2, 0.25) is 0 Å². The fourth-order valence-electron chi connectivity index (χ4n) is 3.01. The van der Waals surface area contributed by atoms with Crippen LogP contribution in [-0.4, -0.2) is 10.9 Å². The fraction of sp³-hybridized carbons (Fsp3) is 0.0833. The van der Waals surface area contributed by atoms with E-state index in [0.29, 0.717) is 18.5 Å². The molecule has 0 saturated heterocycles. The van der Waals surface area contributed by atoms with Crippen LogP contribution < -0.4 is 10.1 Å². The van der Waals surface area contributed by atoms with Gasteiger partial charge in [-0.3, -0.25) is 9.78 Å². The number of aromatic nitrogens is 1. The summed E-state index contributed by atoms with van der Waals surface area (Å²) in [6, 6.07) is 23.8. The number of benzene rings is 3. The highest BCUT2D eigenvalue weighted by Gasteiger charge is 2.11. The van der Waals surface area contributed by atoms with Crippen LogP contribution in [0.4, 0.5) is 4.39 Å². The molecule has 0 aliphatic heterocycles. The first-order valence-electron chi connectivity index (χ1n) is 9.27. The third-order valence-electron chi connectivity index (χ3n) is 4.55. The Bertz CT molecular complexity index is 1130. The first kappa shape index (κ1) is 18.6. The number of halogens is 1. The van der Waals surface area contributed by atoms with Gasteiger partial charge in [-0.1, -0.05) is 48.5 Å². The van der Waals surface area contributed by atoms with E-state index in [0.717, 1.165) is 16.9 Å². The van der Waals surface area contributed by atoms with Gasteiger partial charge in [0.25, 0.3) is 5.91 Å². The van der Waals surface area contributed by atoms with E-state index < -0.39 is 5.82 Å². The molecule has 1 heterocycles. The minimum Gasteiger partial charge on any atom is -0.489 e. The molecule has 4 rings (SSSR count). The van der Waals surface area contributed by atoms with Gasteiger partial charge >= 0.3 is 0 Å². The van der Waals surface area contributed by atoms with Crippen molar-refractivity contribution in [2.75, 3.05) is 0 Å². The number of pyridine rings is 1. The lowest BCUT2D eigenvalue weighted by atomic mass is 10.1. The average Bonchev–Trinajstić information content (AvgIpc) is 2.77. The monoisotopic (exact) mass is 386 g/mol. The Balaban J connectivity index is 1.36. The largest absolute Gasteiger partial charge is 0.489 e. The zero-order valence-corrected chi connectivity index (χ0v) is 15.6. The van der Waals surface area contributed by atoms with Gasteiger partial charge in [0, 0.05) is 23.7 Å². The molecule has 144 valence electrons. The quantitative estimate of drug-likeness (QED) is 0.514. The van der Waals surface area contributed by atoms with Gasteiger partial charge < -0.3 is 10.1 Å². The summed E-state index contributed by atoms with van der Waals surface area (Å²) >= 11 is 0. The van der Waals surface area contributed by atoms with Gasteiger partial charge in [-0.05, 0) is 41.5 Å². The number of nitrogens with zero attached hydrogens (tertiary/aromatic N) is 1. The van der Waals surface area contributed by atoms with Crippen molar-refractivity contribution in [3.8, 4) is 5.75 Å². The number of hydrogen-bond acceptors (Lipinski definition) is 3. The van der Waals surface area contributed by atoms with Gasteiger partial charge in [0.1, 0.15) is 23.7 Å². The summed E-state index contributed by atoms with van der Waals surface area (Å²) in [7, 11) is 0. The molecule has 3 aromatic carbocycles. The van der Waals surface area contributed by atoms with Crippen LogP contribution in [0.3, 0.4) is 0 Å². The minimum absolute atomic E-state index is 0.259. The SMILES string of the molecule is O=C(NCc1ccc(OCc2ccccc2)cc1)c1cc(F)c2ncccc2c1. The molecule has 0 aliphatic rings. The van der Waals surface area contributed by atoms with Gasteiger partial charge in [0.15, 0.2) is 0 Å². The van der Waals surface area contributed by atoms with E-state index in [1.165, 1.54) is 12.3 Å². The third kappa shape index (κ3) is 4.58. The van der Waals surface area contributed by atoms with Crippen molar-refractivity contribution in [3.05, 3.63) is 108 Å². The number of carbonyl (C=O) groups is 1. The van der Waals surface area contributed by atoms with Crippen molar-refractivity contribution in [1.82, 2.24) is 10.3 Å². The maximum absolute atomic E-state index is 14.2. The highest BCUT2D eigenvalue weighted by atomic mass is 19.1. The van der Waals surface area contributed by atoms with E-state index in [1.54, 1.807) is 18.2 Å². The molecule has 0 radical (unpaired) electrons. The maximum Gasteiger partial charge on any atom is 0.251 e. The molecule has 1 amide bonds. The molecule has 0 atom stereocenters. The number of fused-ring (bicyclic) bond motifs is 1. The Morgan fingerprint density at radius 2 is 1.72 bits per heavy atom. The molecule has 0 fully saturated rings. The maximum atomic E-state index is 14.2. The summed E-state index contributed by atoms with van der Waals surface area (Å²) in [5.74, 6) is -0.0831. The molecule has 0 bridgehead atoms. The summed E-state index contributed by atoms with van der Waals surface area (Å²) in [5, 5.41) is 3.41. The Labute approximate surface area is 168 Å². The van der Waals surface area contributed by atoms with E-state index >= 15 is 0 Å². The van der Waals surface area contributed by atoms with Crippen LogP contribution in [0.5, 0.6) is 5.75 Å². The summed E-state index contributed by atoms with van der Waals surface area (Å²) in [6.45, 7) is 0.837. The van der Waals surface area contributed by atoms with E-state index in [1.807, 2.05) is 54.6 Å². The summed E-state index contributed by atoms with van der Waals surface area (Å²) in [6.07, 6.45) is 1.53. The molecular weight excluding hydrogens is 367 g/mol. The first-order valence-corrected chi connectivity index (χ1v) is 9.27. The van der Waals surface area contributed by atoms with Crippen molar-refractivity contribution >= 4 is 16.8 Å². The van der Waals surface area contributed by atoms with Crippen LogP contribution in [0.25, 0.3) is 10.9 Å². The molecule has 0 aliphatic carbocycles. The number of amides is 1. The van der Waals surface area contributed by atoms with Crippen LogP contribution in [-0.2, 0) is 13.2 Å². The Kier molecular flexibility index (Phi) is 5.47. The molecule has 4 aromatic rings. The first-order chi connectivity index (χ1) is 14.2. The second-order valence-electron chi connectivity index (χ2n) is 6.63. The summed E-state index contributed by atoms with van der Waals surface area (Å²) in [5.41, 5.74) is 2.55. The molecular formula is C24H19FN2O2. The number of nitrogens with one attached hydrogen (secondary N) is 1. The zero-order valence-electron chi connectivity index (χ0n) is 15.6. The van der Waals surface area contributed by atoms with Crippen molar-refractivity contribution in [2.45, 2.75) is 13.2 Å². The van der Waals surface area contributed by atoms with Crippen molar-refractivity contribution in [3.63, 3.8) is 0 Å². The van der Waals surface area contributed by atoms with E-state index in [2.05, 4.69) is 10.3 Å². The van der Waals surface area contributed by atoms with Crippen molar-refractivity contribution < 1.29 is 13.9 Å². The van der Waals surface area contributed by atoms with E-state index in [9.17, 15) is 9.18 Å². The van der Waals surface area contributed by atoms with Gasteiger partial charge in [-0.2, -0.15) is 0 Å². The van der Waals surface area contributed by atoms with Crippen molar-refractivity contribution in [1.29, 1.82) is 0 Å². The molecule has 0 unspecified atom stereocenters. The summed E-state index contributed by atoms with van der Waals surface area (Å²) < 4.78 is 19.9. The van der Waals surface area contributed by atoms with Crippen LogP contribution in [0.1, 0.15) is 21.5 Å². The molecule has 29 heavy (non-hydrogen) atoms. The van der Waals surface area contributed by atoms with Gasteiger partial charge in [0.05, 0.1) is 0 Å². The average molecular weight is 386 g/mol. The van der Waals surface area contributed by atoms with Crippen LogP contribution >= 0.6 is 0 Å². The molecule has 1 aromatic heterocycles. The molecule has 4 nitrogen and oxygen atoms in total. The van der Waals surface area contributed by atoms with Crippen LogP contribution in [0, 0.1) is 5.82 Å². The van der Waals surface area contributed by atoms with Crippen molar-refractivity contribution in [2.24, 2.45) is 0 Å². The van der Waals surface area contributed by atoms with Gasteiger partial charge in [-0.15, -0.1) is 0 Å². The molecule has 0 saturated carbocycles. The zero-order chi connectivity index (χ0) is 20.1. The third-order valence-corrected chi connectivity index (χ3v) is 4.55. The normalized spacial score (nSPS) is 10.7. The second-order valence-corrected chi connectivity index (χ2v) is 6.63. The van der Waals surface area contributed by atoms with E-state index in [4.69, 9.17) is 4.74 Å². The van der Waals surface area contributed by atoms with Gasteiger partial charge in [-0.25, -0.2) is 4.39 Å².